The van der Waals surface area contributed by atoms with Gasteiger partial charge < -0.3 is 10.2 Å². The van der Waals surface area contributed by atoms with E-state index < -0.39 is 6.04 Å². The van der Waals surface area contributed by atoms with Crippen LogP contribution in [-0.2, 0) is 9.59 Å². The largest absolute Gasteiger partial charge is 0.344 e. The third-order valence-corrected chi connectivity index (χ3v) is 8.32. The van der Waals surface area contributed by atoms with Gasteiger partial charge in [0.25, 0.3) is 0 Å². The quantitative estimate of drug-likeness (QED) is 0.452. The molecule has 1 saturated heterocycles. The molecule has 2 aromatic rings. The molecule has 2 aliphatic rings. The van der Waals surface area contributed by atoms with Crippen molar-refractivity contribution in [2.75, 3.05) is 6.54 Å². The highest BCUT2D eigenvalue weighted by Gasteiger charge is 2.39. The molecule has 1 aliphatic carbocycles. The van der Waals surface area contributed by atoms with E-state index in [-0.39, 0.29) is 29.7 Å². The molecule has 1 aliphatic heterocycles. The summed E-state index contributed by atoms with van der Waals surface area (Å²) in [5.41, 5.74) is 4.71. The summed E-state index contributed by atoms with van der Waals surface area (Å²) in [7, 11) is 0. The highest BCUT2D eigenvalue weighted by molar-refractivity contribution is 5.89. The fraction of sp³-hybridized carbons (Fsp3) is 0.581. The summed E-state index contributed by atoms with van der Waals surface area (Å²) >= 11 is 0. The zero-order valence-corrected chi connectivity index (χ0v) is 22.5. The molecule has 5 nitrogen and oxygen atoms in total. The second-order valence-electron chi connectivity index (χ2n) is 11.1. The monoisotopic (exact) mass is 489 g/mol. The average Bonchev–Trinajstić information content (AvgIpc) is 3.41. The summed E-state index contributed by atoms with van der Waals surface area (Å²) in [6.07, 6.45) is 12.1. The van der Waals surface area contributed by atoms with Crippen LogP contribution < -0.4 is 5.32 Å². The molecule has 1 saturated carbocycles. The number of carbonyl (C=O) groups excluding carboxylic acids is 2. The molecule has 3 unspecified atom stereocenters. The molecule has 2 amide bonds. The zero-order valence-electron chi connectivity index (χ0n) is 22.5. The maximum absolute atomic E-state index is 14.1. The molecule has 5 heteroatoms. The third-order valence-electron chi connectivity index (χ3n) is 8.32. The lowest BCUT2D eigenvalue weighted by molar-refractivity contribution is -0.140. The van der Waals surface area contributed by atoms with Crippen LogP contribution in [0.2, 0.25) is 0 Å². The van der Waals surface area contributed by atoms with Crippen molar-refractivity contribution >= 4 is 11.8 Å². The molecule has 194 valence electrons. The summed E-state index contributed by atoms with van der Waals surface area (Å²) in [5, 5.41) is 3.20. The Balaban J connectivity index is 1.61. The second kappa shape index (κ2) is 12.0. The highest BCUT2D eigenvalue weighted by atomic mass is 16.2. The van der Waals surface area contributed by atoms with Crippen molar-refractivity contribution in [2.45, 2.75) is 97.1 Å². The van der Waals surface area contributed by atoms with Gasteiger partial charge in [0.2, 0.25) is 11.8 Å². The van der Waals surface area contributed by atoms with Crippen molar-refractivity contribution in [3.05, 3.63) is 53.9 Å². The molecule has 1 N–H and O–H groups in total. The number of aromatic nitrogens is 1. The highest BCUT2D eigenvalue weighted by Crippen LogP contribution is 2.37. The van der Waals surface area contributed by atoms with Crippen LogP contribution in [0.15, 0.2) is 42.7 Å². The lowest BCUT2D eigenvalue weighted by Gasteiger charge is -2.35. The smallest absolute Gasteiger partial charge is 0.245 e. The van der Waals surface area contributed by atoms with Gasteiger partial charge in [-0.2, -0.15) is 0 Å². The van der Waals surface area contributed by atoms with Gasteiger partial charge in [0.1, 0.15) is 6.04 Å². The SMILES string of the molecule is CCC(C)C(=O)NC(C(=O)N1CCCC1c1cncc(-c2ccccc2C(C)C)c1)C1CCCCC1. The van der Waals surface area contributed by atoms with E-state index in [1.807, 2.05) is 31.1 Å². The Morgan fingerprint density at radius 2 is 1.78 bits per heavy atom. The molecule has 1 aromatic heterocycles. The molecule has 2 fully saturated rings. The van der Waals surface area contributed by atoms with Gasteiger partial charge in [-0.05, 0) is 66.7 Å². The Kier molecular flexibility index (Phi) is 8.81. The number of hydrogen-bond donors (Lipinski definition) is 1. The predicted octanol–water partition coefficient (Wildman–Crippen LogP) is 6.65. The first-order chi connectivity index (χ1) is 17.4. The third kappa shape index (κ3) is 5.82. The summed E-state index contributed by atoms with van der Waals surface area (Å²) in [4.78, 5) is 33.6. The van der Waals surface area contributed by atoms with Crippen LogP contribution in [0, 0.1) is 11.8 Å². The summed E-state index contributed by atoms with van der Waals surface area (Å²) in [6, 6.07) is 10.3. The van der Waals surface area contributed by atoms with E-state index in [0.717, 1.165) is 62.6 Å². The zero-order chi connectivity index (χ0) is 25.7. The van der Waals surface area contributed by atoms with E-state index >= 15 is 0 Å². The first-order valence-electron chi connectivity index (χ1n) is 14.1. The van der Waals surface area contributed by atoms with Crippen molar-refractivity contribution in [3.8, 4) is 11.1 Å². The number of benzene rings is 1. The van der Waals surface area contributed by atoms with Gasteiger partial charge >= 0.3 is 0 Å². The molecule has 36 heavy (non-hydrogen) atoms. The first-order valence-corrected chi connectivity index (χ1v) is 14.1. The Bertz CT molecular complexity index is 1040. The van der Waals surface area contributed by atoms with Gasteiger partial charge in [-0.3, -0.25) is 14.6 Å². The topological polar surface area (TPSA) is 62.3 Å². The van der Waals surface area contributed by atoms with E-state index in [4.69, 9.17) is 0 Å². The summed E-state index contributed by atoms with van der Waals surface area (Å²) in [6.45, 7) is 9.13. The molecule has 2 heterocycles. The maximum Gasteiger partial charge on any atom is 0.245 e. The molecule has 0 radical (unpaired) electrons. The lowest BCUT2D eigenvalue weighted by atomic mass is 9.83. The van der Waals surface area contributed by atoms with Gasteiger partial charge in [-0.25, -0.2) is 0 Å². The van der Waals surface area contributed by atoms with E-state index in [2.05, 4.69) is 54.5 Å². The number of pyridine rings is 1. The molecule has 4 rings (SSSR count). The number of nitrogens with zero attached hydrogens (tertiary/aromatic N) is 2. The molecular formula is C31H43N3O2. The minimum atomic E-state index is -0.426. The Morgan fingerprint density at radius 3 is 2.50 bits per heavy atom. The summed E-state index contributed by atoms with van der Waals surface area (Å²) in [5.74, 6) is 0.656. The van der Waals surface area contributed by atoms with Gasteiger partial charge in [0, 0.05) is 30.4 Å². The minimum absolute atomic E-state index is 0.00255. The van der Waals surface area contributed by atoms with E-state index in [1.54, 1.807) is 0 Å². The Morgan fingerprint density at radius 1 is 1.03 bits per heavy atom. The van der Waals surface area contributed by atoms with Crippen LogP contribution in [0.1, 0.15) is 102 Å². The average molecular weight is 490 g/mol. The van der Waals surface area contributed by atoms with Gasteiger partial charge in [-0.15, -0.1) is 0 Å². The second-order valence-corrected chi connectivity index (χ2v) is 11.1. The van der Waals surface area contributed by atoms with Crippen LogP contribution in [0.4, 0.5) is 0 Å². The number of carbonyl (C=O) groups is 2. The number of amides is 2. The van der Waals surface area contributed by atoms with Crippen LogP contribution >= 0.6 is 0 Å². The molecular weight excluding hydrogens is 446 g/mol. The number of hydrogen-bond acceptors (Lipinski definition) is 3. The fourth-order valence-electron chi connectivity index (χ4n) is 5.94. The van der Waals surface area contributed by atoms with Crippen molar-refractivity contribution in [2.24, 2.45) is 11.8 Å². The Labute approximate surface area is 217 Å². The van der Waals surface area contributed by atoms with Gasteiger partial charge in [-0.1, -0.05) is 71.2 Å². The van der Waals surface area contributed by atoms with Gasteiger partial charge in [0.15, 0.2) is 0 Å². The number of nitrogens with one attached hydrogen (secondary N) is 1. The fourth-order valence-corrected chi connectivity index (χ4v) is 5.94. The Hall–Kier alpha value is -2.69. The summed E-state index contributed by atoms with van der Waals surface area (Å²) < 4.78 is 0. The first kappa shape index (κ1) is 26.4. The minimum Gasteiger partial charge on any atom is -0.344 e. The molecule has 3 atom stereocenters. The van der Waals surface area contributed by atoms with E-state index in [1.165, 1.54) is 17.5 Å². The van der Waals surface area contributed by atoms with Crippen molar-refractivity contribution < 1.29 is 9.59 Å². The van der Waals surface area contributed by atoms with Crippen LogP contribution in [0.3, 0.4) is 0 Å². The lowest BCUT2D eigenvalue weighted by Crippen LogP contribution is -2.53. The van der Waals surface area contributed by atoms with E-state index in [9.17, 15) is 9.59 Å². The van der Waals surface area contributed by atoms with Gasteiger partial charge in [0.05, 0.1) is 6.04 Å². The number of rotatable bonds is 8. The van der Waals surface area contributed by atoms with Crippen LogP contribution in [-0.4, -0.2) is 34.3 Å². The standard InChI is InChI=1S/C31H43N3O2/c1-5-22(4)30(35)33-29(23-12-7-6-8-13-23)31(36)34-17-11-16-28(34)25-18-24(19-32-20-25)27-15-10-9-14-26(27)21(2)3/h9-10,14-15,18-23,28-29H,5-8,11-13,16-17H2,1-4H3,(H,33,35). The molecule has 0 spiro atoms. The van der Waals surface area contributed by atoms with Crippen molar-refractivity contribution in [1.29, 1.82) is 0 Å². The predicted molar refractivity (Wildman–Crippen MR) is 145 cm³/mol. The van der Waals surface area contributed by atoms with Crippen molar-refractivity contribution in [1.82, 2.24) is 15.2 Å². The maximum atomic E-state index is 14.1. The van der Waals surface area contributed by atoms with Crippen LogP contribution in [0.25, 0.3) is 11.1 Å². The van der Waals surface area contributed by atoms with Crippen molar-refractivity contribution in [3.63, 3.8) is 0 Å². The van der Waals surface area contributed by atoms with E-state index in [0.29, 0.717) is 5.92 Å². The normalized spacial score (nSPS) is 20.4. The molecule has 0 bridgehead atoms. The van der Waals surface area contributed by atoms with Crippen LogP contribution in [0.5, 0.6) is 0 Å². The molecule has 1 aromatic carbocycles. The number of likely N-dealkylation sites (tertiary alicyclic amines) is 1.